The van der Waals surface area contributed by atoms with E-state index in [0.717, 1.165) is 25.2 Å². The second kappa shape index (κ2) is 6.71. The largest absolute Gasteiger partial charge is 0.352 e. The molecule has 1 aliphatic rings. The highest BCUT2D eigenvalue weighted by Crippen LogP contribution is 2.15. The molecule has 1 amide bonds. The van der Waals surface area contributed by atoms with Gasteiger partial charge in [-0.3, -0.25) is 4.79 Å². The van der Waals surface area contributed by atoms with Crippen LogP contribution in [-0.2, 0) is 0 Å². The van der Waals surface area contributed by atoms with Gasteiger partial charge in [-0.05, 0) is 55.5 Å². The van der Waals surface area contributed by atoms with Crippen molar-refractivity contribution in [1.29, 1.82) is 0 Å². The number of carbonyl (C=O) groups excluding carboxylic acids is 1. The van der Waals surface area contributed by atoms with Crippen LogP contribution >= 0.6 is 0 Å². The second-order valence-electron chi connectivity index (χ2n) is 5.70. The molecule has 1 aliphatic heterocycles. The zero-order chi connectivity index (χ0) is 13.7. The van der Waals surface area contributed by atoms with Crippen LogP contribution in [0, 0.1) is 5.92 Å². The average Bonchev–Trinajstić information content (AvgIpc) is 2.46. The van der Waals surface area contributed by atoms with Gasteiger partial charge >= 0.3 is 0 Å². The van der Waals surface area contributed by atoms with Crippen LogP contribution in [0.2, 0.25) is 0 Å². The molecule has 1 unspecified atom stereocenters. The van der Waals surface area contributed by atoms with Crippen LogP contribution in [0.25, 0.3) is 0 Å². The predicted octanol–water partition coefficient (Wildman–Crippen LogP) is 2.54. The Morgan fingerprint density at radius 2 is 2.11 bits per heavy atom. The van der Waals surface area contributed by atoms with Crippen LogP contribution in [0.1, 0.15) is 48.5 Å². The molecule has 0 aliphatic carbocycles. The molecule has 1 aromatic rings. The molecule has 19 heavy (non-hydrogen) atoms. The zero-order valence-electron chi connectivity index (χ0n) is 11.9. The van der Waals surface area contributed by atoms with E-state index in [9.17, 15) is 4.79 Å². The molecule has 0 radical (unpaired) electrons. The summed E-state index contributed by atoms with van der Waals surface area (Å²) in [6.45, 7) is 7.22. The minimum Gasteiger partial charge on any atom is -0.352 e. The van der Waals surface area contributed by atoms with Gasteiger partial charge in [-0.25, -0.2) is 0 Å². The van der Waals surface area contributed by atoms with E-state index in [-0.39, 0.29) is 5.91 Å². The molecule has 0 saturated carbocycles. The summed E-state index contributed by atoms with van der Waals surface area (Å²) in [5.41, 5.74) is 2.03. The molecular weight excluding hydrogens is 236 g/mol. The lowest BCUT2D eigenvalue weighted by atomic mass is 9.99. The third-order valence-corrected chi connectivity index (χ3v) is 3.79. The minimum absolute atomic E-state index is 0.0425. The summed E-state index contributed by atoms with van der Waals surface area (Å²) >= 11 is 0. The molecule has 0 aromatic heterocycles. The summed E-state index contributed by atoms with van der Waals surface area (Å²) in [6.07, 6.45) is 2.42. The number of hydrogen-bond donors (Lipinski definition) is 2. The first-order valence-electron chi connectivity index (χ1n) is 7.25. The van der Waals surface area contributed by atoms with Crippen LogP contribution < -0.4 is 10.6 Å². The van der Waals surface area contributed by atoms with Crippen molar-refractivity contribution in [2.24, 2.45) is 5.92 Å². The molecule has 104 valence electrons. The second-order valence-corrected chi connectivity index (χ2v) is 5.70. The molecule has 3 heteroatoms. The van der Waals surface area contributed by atoms with Crippen molar-refractivity contribution in [3.8, 4) is 0 Å². The number of rotatable bonds is 4. The molecule has 1 fully saturated rings. The third kappa shape index (κ3) is 4.06. The minimum atomic E-state index is 0.0425. The van der Waals surface area contributed by atoms with Crippen LogP contribution in [0.15, 0.2) is 24.3 Å². The Kier molecular flexibility index (Phi) is 4.97. The Labute approximate surface area is 115 Å². The number of amides is 1. The van der Waals surface area contributed by atoms with Gasteiger partial charge in [0.1, 0.15) is 0 Å². The van der Waals surface area contributed by atoms with Gasteiger partial charge in [0.05, 0.1) is 0 Å². The Bertz CT molecular complexity index is 405. The SMILES string of the molecule is CC(C)c1ccc(C(=O)NCC2CCCNC2)cc1. The van der Waals surface area contributed by atoms with Crippen molar-refractivity contribution < 1.29 is 4.79 Å². The molecular formula is C16H24N2O. The van der Waals surface area contributed by atoms with Crippen LogP contribution in [0.4, 0.5) is 0 Å². The first kappa shape index (κ1) is 14.1. The van der Waals surface area contributed by atoms with Crippen molar-refractivity contribution in [3.05, 3.63) is 35.4 Å². The molecule has 2 N–H and O–H groups in total. The van der Waals surface area contributed by atoms with Gasteiger partial charge in [-0.2, -0.15) is 0 Å². The van der Waals surface area contributed by atoms with Crippen molar-refractivity contribution in [2.45, 2.75) is 32.6 Å². The van der Waals surface area contributed by atoms with E-state index in [1.54, 1.807) is 0 Å². The summed E-state index contributed by atoms with van der Waals surface area (Å²) in [5.74, 6) is 1.12. The molecule has 0 bridgehead atoms. The number of benzene rings is 1. The highest BCUT2D eigenvalue weighted by atomic mass is 16.1. The Hall–Kier alpha value is -1.35. The van der Waals surface area contributed by atoms with Crippen LogP contribution in [-0.4, -0.2) is 25.5 Å². The quantitative estimate of drug-likeness (QED) is 0.873. The van der Waals surface area contributed by atoms with Gasteiger partial charge in [0, 0.05) is 12.1 Å². The third-order valence-electron chi connectivity index (χ3n) is 3.79. The monoisotopic (exact) mass is 260 g/mol. The van der Waals surface area contributed by atoms with E-state index in [2.05, 4.69) is 24.5 Å². The normalized spacial score (nSPS) is 19.4. The topological polar surface area (TPSA) is 41.1 Å². The number of piperidine rings is 1. The average molecular weight is 260 g/mol. The maximum absolute atomic E-state index is 12.0. The van der Waals surface area contributed by atoms with Gasteiger partial charge < -0.3 is 10.6 Å². The van der Waals surface area contributed by atoms with E-state index in [0.29, 0.717) is 11.8 Å². The summed E-state index contributed by atoms with van der Waals surface area (Å²) in [7, 11) is 0. The van der Waals surface area contributed by atoms with Crippen LogP contribution in [0.5, 0.6) is 0 Å². The highest BCUT2D eigenvalue weighted by Gasteiger charge is 2.14. The summed E-state index contributed by atoms with van der Waals surface area (Å²) < 4.78 is 0. The number of carbonyl (C=O) groups is 1. The van der Waals surface area contributed by atoms with Crippen molar-refractivity contribution in [3.63, 3.8) is 0 Å². The van der Waals surface area contributed by atoms with Gasteiger partial charge in [-0.15, -0.1) is 0 Å². The Morgan fingerprint density at radius 3 is 2.68 bits per heavy atom. The summed E-state index contributed by atoms with van der Waals surface area (Å²) in [4.78, 5) is 12.0. The maximum Gasteiger partial charge on any atom is 0.251 e. The first-order valence-corrected chi connectivity index (χ1v) is 7.25. The molecule has 1 atom stereocenters. The molecule has 2 rings (SSSR count). The molecule has 1 heterocycles. The Balaban J connectivity index is 1.85. The summed E-state index contributed by atoms with van der Waals surface area (Å²) in [6, 6.07) is 7.93. The van der Waals surface area contributed by atoms with Crippen molar-refractivity contribution >= 4 is 5.91 Å². The lowest BCUT2D eigenvalue weighted by molar-refractivity contribution is 0.0945. The molecule has 0 spiro atoms. The fourth-order valence-electron chi connectivity index (χ4n) is 2.46. The van der Waals surface area contributed by atoms with E-state index >= 15 is 0 Å². The lowest BCUT2D eigenvalue weighted by Crippen LogP contribution is -2.38. The van der Waals surface area contributed by atoms with Crippen molar-refractivity contribution in [2.75, 3.05) is 19.6 Å². The van der Waals surface area contributed by atoms with Gasteiger partial charge in [0.25, 0.3) is 5.91 Å². The van der Waals surface area contributed by atoms with E-state index in [4.69, 9.17) is 0 Å². The Morgan fingerprint density at radius 1 is 1.37 bits per heavy atom. The zero-order valence-corrected chi connectivity index (χ0v) is 11.9. The predicted molar refractivity (Wildman–Crippen MR) is 78.5 cm³/mol. The van der Waals surface area contributed by atoms with Gasteiger partial charge in [0.2, 0.25) is 0 Å². The number of nitrogens with one attached hydrogen (secondary N) is 2. The van der Waals surface area contributed by atoms with Crippen molar-refractivity contribution in [1.82, 2.24) is 10.6 Å². The lowest BCUT2D eigenvalue weighted by Gasteiger charge is -2.22. The van der Waals surface area contributed by atoms with Crippen LogP contribution in [0.3, 0.4) is 0 Å². The number of hydrogen-bond acceptors (Lipinski definition) is 2. The van der Waals surface area contributed by atoms with E-state index < -0.39 is 0 Å². The van der Waals surface area contributed by atoms with E-state index in [1.807, 2.05) is 24.3 Å². The standard InChI is InChI=1S/C16H24N2O/c1-12(2)14-5-7-15(8-6-14)16(19)18-11-13-4-3-9-17-10-13/h5-8,12-13,17H,3-4,9-11H2,1-2H3,(H,18,19). The van der Waals surface area contributed by atoms with Gasteiger partial charge in [0.15, 0.2) is 0 Å². The summed E-state index contributed by atoms with van der Waals surface area (Å²) in [5, 5.41) is 6.41. The smallest absolute Gasteiger partial charge is 0.251 e. The highest BCUT2D eigenvalue weighted by molar-refractivity contribution is 5.94. The van der Waals surface area contributed by atoms with E-state index in [1.165, 1.54) is 18.4 Å². The molecule has 3 nitrogen and oxygen atoms in total. The fraction of sp³-hybridized carbons (Fsp3) is 0.562. The first-order chi connectivity index (χ1) is 9.16. The maximum atomic E-state index is 12.0. The van der Waals surface area contributed by atoms with Gasteiger partial charge in [-0.1, -0.05) is 26.0 Å². The fourth-order valence-corrected chi connectivity index (χ4v) is 2.46. The molecule has 1 saturated heterocycles. The molecule has 1 aromatic carbocycles.